The van der Waals surface area contributed by atoms with Crippen LogP contribution in [0.2, 0.25) is 0 Å². The third kappa shape index (κ3) is 3.61. The summed E-state index contributed by atoms with van der Waals surface area (Å²) in [5.74, 6) is 0.876. The van der Waals surface area contributed by atoms with Crippen LogP contribution in [0.3, 0.4) is 0 Å². The first-order valence-corrected chi connectivity index (χ1v) is 11.5. The van der Waals surface area contributed by atoms with Crippen molar-refractivity contribution in [1.82, 2.24) is 9.97 Å². The Morgan fingerprint density at radius 1 is 1.11 bits per heavy atom. The first-order chi connectivity index (χ1) is 13.5. The predicted octanol–water partition coefficient (Wildman–Crippen LogP) is 5.19. The van der Waals surface area contributed by atoms with Crippen LogP contribution < -0.4 is 10.2 Å². The van der Waals surface area contributed by atoms with Crippen LogP contribution in [0, 0.1) is 20.8 Å². The second-order valence-corrected chi connectivity index (χ2v) is 9.09. The molecule has 1 aliphatic rings. The largest absolute Gasteiger partial charge is 0.356 e. The van der Waals surface area contributed by atoms with Crippen molar-refractivity contribution < 1.29 is 4.79 Å². The molecule has 1 amide bonds. The monoisotopic (exact) mass is 412 g/mol. The molecule has 3 heterocycles. The number of hydrogen-bond acceptors (Lipinski definition) is 6. The van der Waals surface area contributed by atoms with E-state index in [-0.39, 0.29) is 5.91 Å². The number of amides is 1. The molecule has 5 nitrogen and oxygen atoms in total. The van der Waals surface area contributed by atoms with Crippen molar-refractivity contribution in [3.8, 4) is 0 Å². The molecule has 1 N–H and O–H groups in total. The van der Waals surface area contributed by atoms with Crippen LogP contribution in [-0.4, -0.2) is 35.2 Å². The molecule has 0 unspecified atom stereocenters. The number of thiophene rings is 1. The number of carbonyl (C=O) groups is 1. The lowest BCUT2D eigenvalue weighted by Gasteiger charge is -2.17. The van der Waals surface area contributed by atoms with Gasteiger partial charge in [-0.25, -0.2) is 9.97 Å². The minimum Gasteiger partial charge on any atom is -0.356 e. The van der Waals surface area contributed by atoms with E-state index in [0.717, 1.165) is 51.1 Å². The van der Waals surface area contributed by atoms with E-state index in [0.29, 0.717) is 4.88 Å². The van der Waals surface area contributed by atoms with Gasteiger partial charge in [-0.3, -0.25) is 4.79 Å². The van der Waals surface area contributed by atoms with Crippen LogP contribution >= 0.6 is 23.1 Å². The van der Waals surface area contributed by atoms with E-state index in [9.17, 15) is 4.79 Å². The average Bonchev–Trinajstić information content (AvgIpc) is 3.33. The number of anilines is 2. The molecule has 0 aliphatic carbocycles. The van der Waals surface area contributed by atoms with Crippen LogP contribution in [-0.2, 0) is 0 Å². The van der Waals surface area contributed by atoms with Crippen molar-refractivity contribution in [3.63, 3.8) is 0 Å². The number of nitrogens with one attached hydrogen (secondary N) is 1. The van der Waals surface area contributed by atoms with Crippen molar-refractivity contribution in [1.29, 1.82) is 0 Å². The number of rotatable bonds is 4. The Morgan fingerprint density at radius 2 is 1.79 bits per heavy atom. The van der Waals surface area contributed by atoms with Gasteiger partial charge in [0.2, 0.25) is 0 Å². The van der Waals surface area contributed by atoms with Gasteiger partial charge in [-0.15, -0.1) is 11.3 Å². The van der Waals surface area contributed by atoms with Crippen LogP contribution in [0.5, 0.6) is 0 Å². The minimum atomic E-state index is -0.0869. The molecule has 1 aliphatic heterocycles. The number of aromatic nitrogens is 2. The molecular formula is C21H24N4OS2. The Bertz CT molecular complexity index is 1030. The van der Waals surface area contributed by atoms with Crippen molar-refractivity contribution in [2.24, 2.45) is 0 Å². The molecule has 146 valence electrons. The molecule has 4 rings (SSSR count). The lowest BCUT2D eigenvalue weighted by molar-refractivity contribution is 0.103. The lowest BCUT2D eigenvalue weighted by Crippen LogP contribution is -2.19. The summed E-state index contributed by atoms with van der Waals surface area (Å²) >= 11 is 2.98. The molecule has 0 bridgehead atoms. The van der Waals surface area contributed by atoms with E-state index >= 15 is 0 Å². The number of aryl methyl sites for hydroxylation is 3. The molecule has 0 saturated carbocycles. The zero-order valence-electron chi connectivity index (χ0n) is 16.6. The highest BCUT2D eigenvalue weighted by atomic mass is 32.2. The number of carbonyl (C=O) groups excluding carboxylic acids is 1. The maximum Gasteiger partial charge on any atom is 0.265 e. The van der Waals surface area contributed by atoms with Gasteiger partial charge in [0.15, 0.2) is 5.16 Å². The Kier molecular flexibility index (Phi) is 5.29. The van der Waals surface area contributed by atoms with Gasteiger partial charge in [0.05, 0.1) is 10.3 Å². The van der Waals surface area contributed by atoms with Gasteiger partial charge >= 0.3 is 0 Å². The van der Waals surface area contributed by atoms with E-state index in [2.05, 4.69) is 34.3 Å². The topological polar surface area (TPSA) is 58.1 Å². The molecule has 3 aromatic rings. The van der Waals surface area contributed by atoms with Gasteiger partial charge in [-0.2, -0.15) is 0 Å². The van der Waals surface area contributed by atoms with Gasteiger partial charge in [0, 0.05) is 18.8 Å². The second-order valence-electron chi connectivity index (χ2n) is 7.29. The summed E-state index contributed by atoms with van der Waals surface area (Å²) in [6, 6.07) is 6.14. The fraction of sp³-hybridized carbons (Fsp3) is 0.381. The summed E-state index contributed by atoms with van der Waals surface area (Å²) in [5.41, 5.74) is 4.25. The molecular weight excluding hydrogens is 388 g/mol. The molecule has 2 aromatic heterocycles. The molecule has 1 fully saturated rings. The highest BCUT2D eigenvalue weighted by Crippen LogP contribution is 2.34. The Hall–Kier alpha value is -2.12. The van der Waals surface area contributed by atoms with E-state index in [1.807, 2.05) is 26.2 Å². The minimum absolute atomic E-state index is 0.0869. The van der Waals surface area contributed by atoms with Gasteiger partial charge in [0.1, 0.15) is 10.6 Å². The summed E-state index contributed by atoms with van der Waals surface area (Å²) in [5, 5.41) is 4.84. The molecule has 0 spiro atoms. The van der Waals surface area contributed by atoms with Gasteiger partial charge in [-0.05, 0) is 57.1 Å². The maximum atomic E-state index is 13.0. The third-order valence-electron chi connectivity index (χ3n) is 5.08. The fourth-order valence-electron chi connectivity index (χ4n) is 3.81. The highest BCUT2D eigenvalue weighted by Gasteiger charge is 2.22. The summed E-state index contributed by atoms with van der Waals surface area (Å²) in [4.78, 5) is 26.2. The molecule has 1 saturated heterocycles. The van der Waals surface area contributed by atoms with Crippen molar-refractivity contribution in [3.05, 3.63) is 39.8 Å². The van der Waals surface area contributed by atoms with Crippen molar-refractivity contribution in [2.45, 2.75) is 38.8 Å². The zero-order chi connectivity index (χ0) is 19.8. The number of fused-ring (bicyclic) bond motifs is 1. The summed E-state index contributed by atoms with van der Waals surface area (Å²) in [7, 11) is 0. The van der Waals surface area contributed by atoms with E-state index in [1.54, 1.807) is 0 Å². The first-order valence-electron chi connectivity index (χ1n) is 9.46. The zero-order valence-corrected chi connectivity index (χ0v) is 18.3. The normalized spacial score (nSPS) is 14.1. The Balaban J connectivity index is 1.71. The fourth-order valence-corrected chi connectivity index (χ4v) is 5.15. The van der Waals surface area contributed by atoms with Crippen LogP contribution in [0.4, 0.5) is 11.5 Å². The highest BCUT2D eigenvalue weighted by molar-refractivity contribution is 7.98. The molecule has 28 heavy (non-hydrogen) atoms. The number of hydrogen-bond donors (Lipinski definition) is 1. The first kappa shape index (κ1) is 19.2. The predicted molar refractivity (Wildman–Crippen MR) is 119 cm³/mol. The maximum absolute atomic E-state index is 13.0. The lowest BCUT2D eigenvalue weighted by atomic mass is 10.1. The standard InChI is InChI=1S/C21H24N4OS2/c1-12-9-13(2)17(14(3)10-12)22-19(26)16-11-15-18(25-7-5-6-8-25)23-21(27-4)24-20(15)28-16/h9-11H,5-8H2,1-4H3,(H,22,26). The summed E-state index contributed by atoms with van der Waals surface area (Å²) in [6.45, 7) is 8.15. The SMILES string of the molecule is CSc1nc(N2CCCC2)c2cc(C(=O)Nc3c(C)cc(C)cc3C)sc2n1. The molecule has 7 heteroatoms. The molecule has 0 atom stereocenters. The molecule has 0 radical (unpaired) electrons. The molecule has 1 aromatic carbocycles. The summed E-state index contributed by atoms with van der Waals surface area (Å²) in [6.07, 6.45) is 4.35. The van der Waals surface area contributed by atoms with Crippen molar-refractivity contribution in [2.75, 3.05) is 29.6 Å². The second kappa shape index (κ2) is 7.72. The summed E-state index contributed by atoms with van der Waals surface area (Å²) < 4.78 is 0. The van der Waals surface area contributed by atoms with Crippen LogP contribution in [0.1, 0.15) is 39.2 Å². The van der Waals surface area contributed by atoms with Crippen molar-refractivity contribution >= 4 is 50.7 Å². The smallest absolute Gasteiger partial charge is 0.265 e. The Morgan fingerprint density at radius 3 is 2.43 bits per heavy atom. The van der Waals surface area contributed by atoms with Gasteiger partial charge in [-0.1, -0.05) is 29.5 Å². The van der Waals surface area contributed by atoms with Crippen LogP contribution in [0.15, 0.2) is 23.4 Å². The Labute approximate surface area is 173 Å². The number of benzene rings is 1. The van der Waals surface area contributed by atoms with E-state index in [1.165, 1.54) is 41.5 Å². The average molecular weight is 413 g/mol. The number of thioether (sulfide) groups is 1. The van der Waals surface area contributed by atoms with Crippen LogP contribution in [0.25, 0.3) is 10.2 Å². The third-order valence-corrected chi connectivity index (χ3v) is 6.66. The number of nitrogens with zero attached hydrogens (tertiary/aromatic N) is 3. The van der Waals surface area contributed by atoms with Gasteiger partial charge in [0.25, 0.3) is 5.91 Å². The van der Waals surface area contributed by atoms with E-state index in [4.69, 9.17) is 4.98 Å². The van der Waals surface area contributed by atoms with Gasteiger partial charge < -0.3 is 10.2 Å². The van der Waals surface area contributed by atoms with E-state index < -0.39 is 0 Å². The quantitative estimate of drug-likeness (QED) is 0.472.